The second-order valence-electron chi connectivity index (χ2n) is 4.19. The number of benzene rings is 1. The number of carbonyl (C=O) groups is 1. The molecule has 0 spiro atoms. The highest BCUT2D eigenvalue weighted by atomic mass is 16.1. The van der Waals surface area contributed by atoms with E-state index in [1.165, 1.54) is 0 Å². The monoisotopic (exact) mass is 275 g/mol. The summed E-state index contributed by atoms with van der Waals surface area (Å²) in [4.78, 5) is 16.4. The van der Waals surface area contributed by atoms with Crippen LogP contribution in [0.25, 0.3) is 0 Å². The lowest BCUT2D eigenvalue weighted by Crippen LogP contribution is -2.35. The molecule has 0 radical (unpaired) electrons. The first-order chi connectivity index (χ1) is 10.3. The number of hydrogen-bond acceptors (Lipinski definition) is 4. The standard InChI is InChI=1S/C16H11N4O/c17-10-14(11-18)15(12-20-8-6-19-7-9-20)16(21)13-4-2-1-3-5-13/h1-9H,12H2/q+1. The highest BCUT2D eigenvalue weighted by Gasteiger charge is 2.21. The van der Waals surface area contributed by atoms with Crippen LogP contribution in [0.5, 0.6) is 0 Å². The van der Waals surface area contributed by atoms with E-state index in [-0.39, 0.29) is 23.5 Å². The van der Waals surface area contributed by atoms with E-state index in [2.05, 4.69) is 4.98 Å². The maximum atomic E-state index is 12.5. The third-order valence-corrected chi connectivity index (χ3v) is 2.86. The van der Waals surface area contributed by atoms with Gasteiger partial charge >= 0.3 is 0 Å². The van der Waals surface area contributed by atoms with Gasteiger partial charge in [0.15, 0.2) is 24.7 Å². The predicted octanol–water partition coefficient (Wildman–Crippen LogP) is 1.60. The lowest BCUT2D eigenvalue weighted by Gasteiger charge is -2.04. The number of allylic oxidation sites excluding steroid dienone is 2. The molecule has 1 aromatic carbocycles. The molecule has 0 fully saturated rings. The van der Waals surface area contributed by atoms with Crippen LogP contribution in [0.2, 0.25) is 0 Å². The molecule has 1 aromatic heterocycles. The fourth-order valence-corrected chi connectivity index (χ4v) is 1.82. The third kappa shape index (κ3) is 3.37. The molecule has 0 aliphatic rings. The smallest absolute Gasteiger partial charge is 0.197 e. The molecule has 0 aliphatic carbocycles. The summed E-state index contributed by atoms with van der Waals surface area (Å²) in [5.41, 5.74) is 0.445. The van der Waals surface area contributed by atoms with Crippen molar-refractivity contribution < 1.29 is 9.36 Å². The van der Waals surface area contributed by atoms with Crippen molar-refractivity contribution in [1.29, 1.82) is 10.5 Å². The van der Waals surface area contributed by atoms with Gasteiger partial charge in [-0.15, -0.1) is 0 Å². The molecule has 1 heterocycles. The molecule has 0 atom stereocenters. The van der Waals surface area contributed by atoms with Gasteiger partial charge < -0.3 is 0 Å². The van der Waals surface area contributed by atoms with E-state index in [1.807, 2.05) is 0 Å². The van der Waals surface area contributed by atoms with Crippen LogP contribution in [0.3, 0.4) is 0 Å². The summed E-state index contributed by atoms with van der Waals surface area (Å²) in [7, 11) is 0. The molecule has 5 heteroatoms. The van der Waals surface area contributed by atoms with Gasteiger partial charge in [0.25, 0.3) is 0 Å². The maximum absolute atomic E-state index is 12.5. The van der Waals surface area contributed by atoms with Crippen LogP contribution in [0.4, 0.5) is 0 Å². The van der Waals surface area contributed by atoms with Gasteiger partial charge in [0.1, 0.15) is 17.7 Å². The summed E-state index contributed by atoms with van der Waals surface area (Å²) in [6.07, 6.45) is 6.49. The van der Waals surface area contributed by atoms with E-state index in [0.717, 1.165) is 0 Å². The molecule has 0 amide bonds. The lowest BCUT2D eigenvalue weighted by atomic mass is 9.99. The van der Waals surface area contributed by atoms with Gasteiger partial charge in [-0.2, -0.15) is 15.1 Å². The second-order valence-corrected chi connectivity index (χ2v) is 4.19. The van der Waals surface area contributed by atoms with E-state index in [4.69, 9.17) is 10.5 Å². The number of carbonyl (C=O) groups excluding carboxylic acids is 1. The van der Waals surface area contributed by atoms with Crippen molar-refractivity contribution in [2.75, 3.05) is 0 Å². The summed E-state index contributed by atoms with van der Waals surface area (Å²) in [6.45, 7) is 0.146. The molecule has 0 saturated carbocycles. The Labute approximate surface area is 122 Å². The van der Waals surface area contributed by atoms with Crippen LogP contribution in [-0.2, 0) is 6.54 Å². The van der Waals surface area contributed by atoms with E-state index in [9.17, 15) is 4.79 Å². The fourth-order valence-electron chi connectivity index (χ4n) is 1.82. The largest absolute Gasteiger partial charge is 0.289 e. The molecular weight excluding hydrogens is 264 g/mol. The summed E-state index contributed by atoms with van der Waals surface area (Å²) < 4.78 is 1.69. The van der Waals surface area contributed by atoms with E-state index in [1.54, 1.807) is 71.8 Å². The normalized spacial score (nSPS) is 9.24. The Hall–Kier alpha value is -3.31. The minimum absolute atomic E-state index is 0.146. The Morgan fingerprint density at radius 1 is 1.10 bits per heavy atom. The van der Waals surface area contributed by atoms with Gasteiger partial charge in [0, 0.05) is 5.56 Å². The zero-order chi connectivity index (χ0) is 15.1. The number of hydrogen-bond donors (Lipinski definition) is 0. The highest BCUT2D eigenvalue weighted by Crippen LogP contribution is 2.12. The van der Waals surface area contributed by atoms with Crippen LogP contribution in [0.1, 0.15) is 10.4 Å². The number of rotatable bonds is 4. The van der Waals surface area contributed by atoms with Crippen molar-refractivity contribution in [3.05, 3.63) is 71.8 Å². The van der Waals surface area contributed by atoms with Crippen molar-refractivity contribution in [3.8, 4) is 12.1 Å². The quantitative estimate of drug-likeness (QED) is 0.367. The van der Waals surface area contributed by atoms with Crippen molar-refractivity contribution in [1.82, 2.24) is 4.98 Å². The molecular formula is C16H11N4O+. The predicted molar refractivity (Wildman–Crippen MR) is 73.5 cm³/mol. The Morgan fingerprint density at radius 3 is 2.29 bits per heavy atom. The topological polar surface area (TPSA) is 81.4 Å². The Balaban J connectivity index is 2.44. The van der Waals surface area contributed by atoms with Crippen LogP contribution in [0.15, 0.2) is 66.3 Å². The molecule has 2 aromatic rings. The highest BCUT2D eigenvalue weighted by molar-refractivity contribution is 6.09. The molecule has 0 aliphatic heterocycles. The van der Waals surface area contributed by atoms with Gasteiger partial charge in [-0.25, -0.2) is 0 Å². The SMILES string of the molecule is N#CC(C#N)=C(C[n+]1ccncc1)C(=O)c1ccccc1. The molecule has 0 N–H and O–H groups in total. The average Bonchev–Trinajstić information content (AvgIpc) is 2.56. The molecule has 0 bridgehead atoms. The molecule has 0 saturated heterocycles. The Kier molecular flexibility index (Phi) is 4.53. The first-order valence-corrected chi connectivity index (χ1v) is 6.18. The number of aromatic nitrogens is 2. The minimum Gasteiger partial charge on any atom is -0.289 e. The summed E-state index contributed by atoms with van der Waals surface area (Å²) in [5, 5.41) is 18.1. The van der Waals surface area contributed by atoms with E-state index >= 15 is 0 Å². The van der Waals surface area contributed by atoms with Crippen LogP contribution < -0.4 is 4.57 Å². The summed E-state index contributed by atoms with van der Waals surface area (Å²) in [5.74, 6) is -0.321. The third-order valence-electron chi connectivity index (χ3n) is 2.86. The molecule has 0 unspecified atom stereocenters. The zero-order valence-electron chi connectivity index (χ0n) is 11.1. The Morgan fingerprint density at radius 2 is 1.71 bits per heavy atom. The molecule has 21 heavy (non-hydrogen) atoms. The van der Waals surface area contributed by atoms with Crippen molar-refractivity contribution in [2.45, 2.75) is 6.54 Å². The van der Waals surface area contributed by atoms with Gasteiger partial charge in [0.05, 0.1) is 18.0 Å². The van der Waals surface area contributed by atoms with Crippen LogP contribution >= 0.6 is 0 Å². The zero-order valence-corrected chi connectivity index (χ0v) is 11.1. The molecule has 2 rings (SSSR count). The number of nitriles is 2. The first-order valence-electron chi connectivity index (χ1n) is 6.18. The Bertz CT molecular complexity index is 736. The van der Waals surface area contributed by atoms with Crippen LogP contribution in [0, 0.1) is 22.7 Å². The van der Waals surface area contributed by atoms with Gasteiger partial charge in [-0.1, -0.05) is 30.3 Å². The fraction of sp³-hybridized carbons (Fsp3) is 0.0625. The summed E-state index contributed by atoms with van der Waals surface area (Å²) in [6, 6.07) is 12.2. The molecule has 100 valence electrons. The molecule has 5 nitrogen and oxygen atoms in total. The van der Waals surface area contributed by atoms with Crippen LogP contribution in [-0.4, -0.2) is 10.8 Å². The van der Waals surface area contributed by atoms with Crippen molar-refractivity contribution >= 4 is 5.78 Å². The maximum Gasteiger partial charge on any atom is 0.197 e. The second kappa shape index (κ2) is 6.74. The minimum atomic E-state index is -0.321. The van der Waals surface area contributed by atoms with Gasteiger partial charge in [0.2, 0.25) is 0 Å². The van der Waals surface area contributed by atoms with Crippen molar-refractivity contribution in [2.24, 2.45) is 0 Å². The van der Waals surface area contributed by atoms with E-state index < -0.39 is 0 Å². The first kappa shape index (κ1) is 14.1. The average molecular weight is 275 g/mol. The van der Waals surface area contributed by atoms with Gasteiger partial charge in [-0.05, 0) is 0 Å². The lowest BCUT2D eigenvalue weighted by molar-refractivity contribution is -0.688. The van der Waals surface area contributed by atoms with Gasteiger partial charge in [-0.3, -0.25) is 9.78 Å². The van der Waals surface area contributed by atoms with Crippen molar-refractivity contribution in [3.63, 3.8) is 0 Å². The van der Waals surface area contributed by atoms with E-state index in [0.29, 0.717) is 5.56 Å². The number of nitrogens with zero attached hydrogens (tertiary/aromatic N) is 4. The number of Topliss-reactive ketones (excluding diaryl/α,β-unsaturated/α-hetero) is 1. The number of ketones is 1. The summed E-state index contributed by atoms with van der Waals surface area (Å²) >= 11 is 0.